The fraction of sp³-hybridized carbons (Fsp3) is 0.385. The van der Waals surface area contributed by atoms with E-state index in [0.29, 0.717) is 17.5 Å². The molecular formula is C13H16O5. The molecule has 0 fully saturated rings. The second-order valence-corrected chi connectivity index (χ2v) is 3.81. The number of phenols is 1. The number of hydrogen-bond acceptors (Lipinski definition) is 4. The second-order valence-electron chi connectivity index (χ2n) is 3.81. The molecule has 98 valence electrons. The number of phenolic OH excluding ortho intramolecular Hbond substituents is 1. The molecule has 0 radical (unpaired) electrons. The number of rotatable bonds is 4. The van der Waals surface area contributed by atoms with Crippen LogP contribution in [0.15, 0.2) is 6.07 Å². The minimum Gasteiger partial charge on any atom is -0.507 e. The molecule has 0 aromatic heterocycles. The first kappa shape index (κ1) is 14.0. The highest BCUT2D eigenvalue weighted by Gasteiger charge is 2.25. The standard InChI is InChI=1S/C13H16O5/c1-4-8-6-9(14)11(13(17)18-5-2)10(7(8)3)12(15)16/h6,14H,4-5H2,1-3H3,(H,15,16). The van der Waals surface area contributed by atoms with Crippen LogP contribution in [0.5, 0.6) is 5.75 Å². The molecule has 5 heteroatoms. The number of carboxylic acid groups (broad SMARTS) is 1. The lowest BCUT2D eigenvalue weighted by molar-refractivity contribution is 0.0510. The number of carboxylic acids is 1. The normalized spacial score (nSPS) is 10.2. The van der Waals surface area contributed by atoms with Gasteiger partial charge in [0.2, 0.25) is 0 Å². The van der Waals surface area contributed by atoms with Gasteiger partial charge in [0.25, 0.3) is 0 Å². The van der Waals surface area contributed by atoms with E-state index in [0.717, 1.165) is 0 Å². The number of carbonyl (C=O) groups is 2. The third-order valence-corrected chi connectivity index (χ3v) is 2.75. The Hall–Kier alpha value is -2.04. The van der Waals surface area contributed by atoms with Gasteiger partial charge in [-0.1, -0.05) is 6.92 Å². The molecule has 1 rings (SSSR count). The van der Waals surface area contributed by atoms with Crippen molar-refractivity contribution in [2.45, 2.75) is 27.2 Å². The van der Waals surface area contributed by atoms with E-state index in [4.69, 9.17) is 4.74 Å². The van der Waals surface area contributed by atoms with Crippen molar-refractivity contribution in [3.05, 3.63) is 28.3 Å². The van der Waals surface area contributed by atoms with E-state index in [1.54, 1.807) is 13.8 Å². The van der Waals surface area contributed by atoms with Gasteiger partial charge in [0.15, 0.2) is 0 Å². The number of aromatic carboxylic acids is 1. The molecule has 1 aromatic rings. The van der Waals surface area contributed by atoms with Gasteiger partial charge in [-0.3, -0.25) is 0 Å². The first-order valence-corrected chi connectivity index (χ1v) is 5.69. The summed E-state index contributed by atoms with van der Waals surface area (Å²) in [6.45, 7) is 5.19. The van der Waals surface area contributed by atoms with Crippen molar-refractivity contribution in [3.8, 4) is 5.75 Å². The first-order valence-electron chi connectivity index (χ1n) is 5.69. The number of esters is 1. The van der Waals surface area contributed by atoms with Crippen LogP contribution in [0.1, 0.15) is 45.7 Å². The lowest BCUT2D eigenvalue weighted by Crippen LogP contribution is -2.15. The summed E-state index contributed by atoms with van der Waals surface area (Å²) >= 11 is 0. The zero-order valence-electron chi connectivity index (χ0n) is 10.6. The maximum absolute atomic E-state index is 11.7. The van der Waals surface area contributed by atoms with Gasteiger partial charge in [-0.25, -0.2) is 9.59 Å². The van der Waals surface area contributed by atoms with Crippen LogP contribution in [-0.4, -0.2) is 28.8 Å². The molecule has 0 saturated carbocycles. The van der Waals surface area contributed by atoms with E-state index >= 15 is 0 Å². The van der Waals surface area contributed by atoms with Crippen LogP contribution in [0, 0.1) is 6.92 Å². The molecule has 0 unspecified atom stereocenters. The molecule has 0 saturated heterocycles. The molecule has 0 aliphatic rings. The highest BCUT2D eigenvalue weighted by molar-refractivity contribution is 6.05. The Morgan fingerprint density at radius 2 is 1.89 bits per heavy atom. The van der Waals surface area contributed by atoms with Crippen LogP contribution in [0.2, 0.25) is 0 Å². The molecule has 2 N–H and O–H groups in total. The number of hydrogen-bond donors (Lipinski definition) is 2. The number of benzene rings is 1. The van der Waals surface area contributed by atoms with Gasteiger partial charge in [0.1, 0.15) is 11.3 Å². The third kappa shape index (κ3) is 2.45. The molecule has 0 aliphatic carbocycles. The first-order chi connectivity index (χ1) is 8.43. The van der Waals surface area contributed by atoms with Crippen molar-refractivity contribution in [2.75, 3.05) is 6.61 Å². The SMILES string of the molecule is CCOC(=O)c1c(O)cc(CC)c(C)c1C(=O)O. The van der Waals surface area contributed by atoms with Gasteiger partial charge < -0.3 is 14.9 Å². The van der Waals surface area contributed by atoms with E-state index in [9.17, 15) is 19.8 Å². The Bertz CT molecular complexity index is 491. The fourth-order valence-electron chi connectivity index (χ4n) is 1.87. The Kier molecular flexibility index (Phi) is 4.31. The summed E-state index contributed by atoms with van der Waals surface area (Å²) in [7, 11) is 0. The molecule has 0 heterocycles. The van der Waals surface area contributed by atoms with Gasteiger partial charge in [-0.15, -0.1) is 0 Å². The summed E-state index contributed by atoms with van der Waals surface area (Å²) in [4.78, 5) is 22.9. The Morgan fingerprint density at radius 3 is 2.33 bits per heavy atom. The van der Waals surface area contributed by atoms with Gasteiger partial charge in [0, 0.05) is 0 Å². The predicted octanol–water partition coefficient (Wildman–Crippen LogP) is 2.14. The summed E-state index contributed by atoms with van der Waals surface area (Å²) in [5.41, 5.74) is 0.702. The van der Waals surface area contributed by atoms with Gasteiger partial charge in [-0.2, -0.15) is 0 Å². The topological polar surface area (TPSA) is 83.8 Å². The lowest BCUT2D eigenvalue weighted by atomic mass is 9.94. The molecule has 18 heavy (non-hydrogen) atoms. The molecule has 0 amide bonds. The number of carbonyl (C=O) groups excluding carboxylic acids is 1. The average Bonchev–Trinajstić information content (AvgIpc) is 2.30. The minimum atomic E-state index is -1.25. The molecule has 0 spiro atoms. The van der Waals surface area contributed by atoms with Crippen molar-refractivity contribution < 1.29 is 24.5 Å². The van der Waals surface area contributed by atoms with E-state index in [-0.39, 0.29) is 23.5 Å². The van der Waals surface area contributed by atoms with Crippen molar-refractivity contribution in [1.29, 1.82) is 0 Å². The molecule has 1 aromatic carbocycles. The van der Waals surface area contributed by atoms with E-state index < -0.39 is 11.9 Å². The molecule has 0 aliphatic heterocycles. The lowest BCUT2D eigenvalue weighted by Gasteiger charge is -2.13. The van der Waals surface area contributed by atoms with Crippen LogP contribution in [-0.2, 0) is 11.2 Å². The number of aryl methyl sites for hydroxylation is 1. The molecule has 0 atom stereocenters. The summed E-state index contributed by atoms with van der Waals surface area (Å²) in [5.74, 6) is -2.42. The summed E-state index contributed by atoms with van der Waals surface area (Å²) < 4.78 is 4.77. The Labute approximate surface area is 105 Å². The highest BCUT2D eigenvalue weighted by atomic mass is 16.5. The quantitative estimate of drug-likeness (QED) is 0.802. The molecule has 0 bridgehead atoms. The van der Waals surface area contributed by atoms with Gasteiger partial charge >= 0.3 is 11.9 Å². The smallest absolute Gasteiger partial charge is 0.342 e. The van der Waals surface area contributed by atoms with E-state index in [2.05, 4.69) is 0 Å². The fourth-order valence-corrected chi connectivity index (χ4v) is 1.87. The van der Waals surface area contributed by atoms with Crippen molar-refractivity contribution in [3.63, 3.8) is 0 Å². The van der Waals surface area contributed by atoms with Gasteiger partial charge in [0.05, 0.1) is 12.2 Å². The van der Waals surface area contributed by atoms with Crippen molar-refractivity contribution in [2.24, 2.45) is 0 Å². The van der Waals surface area contributed by atoms with Crippen LogP contribution < -0.4 is 0 Å². The van der Waals surface area contributed by atoms with Crippen LogP contribution >= 0.6 is 0 Å². The summed E-state index contributed by atoms with van der Waals surface area (Å²) in [5, 5.41) is 19.0. The van der Waals surface area contributed by atoms with Crippen LogP contribution in [0.25, 0.3) is 0 Å². The Balaban J connectivity index is 3.54. The van der Waals surface area contributed by atoms with Crippen LogP contribution in [0.3, 0.4) is 0 Å². The molecule has 5 nitrogen and oxygen atoms in total. The predicted molar refractivity (Wildman–Crippen MR) is 65.1 cm³/mol. The highest BCUT2D eigenvalue weighted by Crippen LogP contribution is 2.29. The maximum Gasteiger partial charge on any atom is 0.342 e. The van der Waals surface area contributed by atoms with Crippen LogP contribution in [0.4, 0.5) is 0 Å². The maximum atomic E-state index is 11.7. The summed E-state index contributed by atoms with van der Waals surface area (Å²) in [6.07, 6.45) is 0.572. The van der Waals surface area contributed by atoms with Crippen molar-refractivity contribution in [1.82, 2.24) is 0 Å². The largest absolute Gasteiger partial charge is 0.507 e. The average molecular weight is 252 g/mol. The summed E-state index contributed by atoms with van der Waals surface area (Å²) in [6, 6.07) is 1.41. The van der Waals surface area contributed by atoms with E-state index in [1.165, 1.54) is 6.07 Å². The second kappa shape index (κ2) is 5.53. The minimum absolute atomic E-state index is 0.117. The Morgan fingerprint density at radius 1 is 1.28 bits per heavy atom. The zero-order chi connectivity index (χ0) is 13.9. The monoisotopic (exact) mass is 252 g/mol. The zero-order valence-corrected chi connectivity index (χ0v) is 10.6. The van der Waals surface area contributed by atoms with Crippen molar-refractivity contribution >= 4 is 11.9 Å². The third-order valence-electron chi connectivity index (χ3n) is 2.75. The van der Waals surface area contributed by atoms with E-state index in [1.807, 2.05) is 6.92 Å². The molecular weight excluding hydrogens is 236 g/mol. The number of aromatic hydroxyl groups is 1. The van der Waals surface area contributed by atoms with Gasteiger partial charge in [-0.05, 0) is 37.5 Å². The number of ether oxygens (including phenoxy) is 1.